The van der Waals surface area contributed by atoms with Crippen molar-refractivity contribution in [1.29, 1.82) is 0 Å². The first kappa shape index (κ1) is 19.1. The van der Waals surface area contributed by atoms with Crippen LogP contribution in [0, 0.1) is 5.92 Å². The van der Waals surface area contributed by atoms with E-state index in [2.05, 4.69) is 10.6 Å². The summed E-state index contributed by atoms with van der Waals surface area (Å²) in [4.78, 5) is 39.3. The lowest BCUT2D eigenvalue weighted by Gasteiger charge is -2.31. The number of nitrogens with zero attached hydrogens (tertiary/aromatic N) is 1. The van der Waals surface area contributed by atoms with Gasteiger partial charge in [-0.15, -0.1) is 11.3 Å². The Balaban J connectivity index is 1.61. The topological polar surface area (TPSA) is 78.5 Å². The minimum atomic E-state index is -0.183. The zero-order valence-electron chi connectivity index (χ0n) is 15.2. The molecule has 0 spiro atoms. The van der Waals surface area contributed by atoms with E-state index in [9.17, 15) is 14.4 Å². The van der Waals surface area contributed by atoms with Crippen LogP contribution in [0.25, 0.3) is 0 Å². The summed E-state index contributed by atoms with van der Waals surface area (Å²) < 4.78 is 0. The van der Waals surface area contributed by atoms with Crippen molar-refractivity contribution in [2.24, 2.45) is 5.92 Å². The zero-order valence-corrected chi connectivity index (χ0v) is 16.1. The number of carbonyl (C=O) groups is 3. The lowest BCUT2D eigenvalue weighted by Crippen LogP contribution is -2.43. The second kappa shape index (κ2) is 8.81. The fourth-order valence-electron chi connectivity index (χ4n) is 3.18. The van der Waals surface area contributed by atoms with Gasteiger partial charge in [-0.2, -0.15) is 0 Å². The number of hydrogen-bond acceptors (Lipinski definition) is 4. The molecule has 27 heavy (non-hydrogen) atoms. The van der Waals surface area contributed by atoms with Gasteiger partial charge in [-0.3, -0.25) is 14.4 Å². The maximum absolute atomic E-state index is 12.8. The van der Waals surface area contributed by atoms with Gasteiger partial charge < -0.3 is 15.5 Å². The molecule has 3 rings (SSSR count). The molecule has 7 heteroatoms. The second-order valence-corrected chi connectivity index (χ2v) is 7.42. The van der Waals surface area contributed by atoms with Crippen LogP contribution in [0.1, 0.15) is 39.8 Å². The molecule has 0 saturated carbocycles. The van der Waals surface area contributed by atoms with Crippen molar-refractivity contribution >= 4 is 34.7 Å². The smallest absolute Gasteiger partial charge is 0.265 e. The number of anilines is 1. The molecule has 2 aromatic rings. The summed E-state index contributed by atoms with van der Waals surface area (Å²) in [6.45, 7) is 3.65. The van der Waals surface area contributed by atoms with E-state index in [4.69, 9.17) is 0 Å². The first-order valence-electron chi connectivity index (χ1n) is 9.10. The van der Waals surface area contributed by atoms with Crippen molar-refractivity contribution in [2.45, 2.75) is 19.8 Å². The summed E-state index contributed by atoms with van der Waals surface area (Å²) in [5, 5.41) is 7.52. The van der Waals surface area contributed by atoms with E-state index in [1.165, 1.54) is 11.3 Å². The number of thiophene rings is 1. The van der Waals surface area contributed by atoms with Crippen LogP contribution in [0.3, 0.4) is 0 Å². The van der Waals surface area contributed by atoms with Crippen LogP contribution < -0.4 is 10.6 Å². The van der Waals surface area contributed by atoms with Gasteiger partial charge in [-0.05, 0) is 49.4 Å². The van der Waals surface area contributed by atoms with E-state index in [0.29, 0.717) is 48.6 Å². The van der Waals surface area contributed by atoms with Gasteiger partial charge in [0.2, 0.25) is 5.91 Å². The van der Waals surface area contributed by atoms with Crippen LogP contribution in [0.5, 0.6) is 0 Å². The van der Waals surface area contributed by atoms with Crippen molar-refractivity contribution in [2.75, 3.05) is 25.0 Å². The number of likely N-dealkylation sites (tertiary alicyclic amines) is 1. The van der Waals surface area contributed by atoms with Crippen molar-refractivity contribution in [3.8, 4) is 0 Å². The van der Waals surface area contributed by atoms with Gasteiger partial charge in [0.1, 0.15) is 0 Å². The van der Waals surface area contributed by atoms with Crippen LogP contribution in [0.4, 0.5) is 5.69 Å². The highest BCUT2D eigenvalue weighted by Gasteiger charge is 2.27. The Hall–Kier alpha value is -2.67. The maximum atomic E-state index is 12.8. The molecule has 1 saturated heterocycles. The standard InChI is InChI=1S/C20H23N3O3S/c1-2-21-18(24)14-8-10-23(11-9-14)20(26)15-5-3-6-16(13-15)22-19(25)17-7-4-12-27-17/h3-7,12-14H,2,8-11H2,1H3,(H,21,24)(H,22,25). The first-order valence-corrected chi connectivity index (χ1v) is 9.98. The van der Waals surface area contributed by atoms with E-state index >= 15 is 0 Å². The fourth-order valence-corrected chi connectivity index (χ4v) is 3.80. The molecule has 2 N–H and O–H groups in total. The van der Waals surface area contributed by atoms with Gasteiger partial charge in [0.05, 0.1) is 4.88 Å². The molecule has 1 aromatic carbocycles. The Morgan fingerprint density at radius 2 is 1.93 bits per heavy atom. The summed E-state index contributed by atoms with van der Waals surface area (Å²) in [6.07, 6.45) is 1.35. The minimum Gasteiger partial charge on any atom is -0.356 e. The number of hydrogen-bond donors (Lipinski definition) is 2. The van der Waals surface area contributed by atoms with Crippen molar-refractivity contribution in [1.82, 2.24) is 10.2 Å². The third-order valence-electron chi connectivity index (χ3n) is 4.62. The third-order valence-corrected chi connectivity index (χ3v) is 5.48. The lowest BCUT2D eigenvalue weighted by molar-refractivity contribution is -0.126. The largest absolute Gasteiger partial charge is 0.356 e. The van der Waals surface area contributed by atoms with E-state index in [0.717, 1.165) is 0 Å². The summed E-state index contributed by atoms with van der Waals surface area (Å²) in [5.74, 6) is -0.206. The van der Waals surface area contributed by atoms with Crippen molar-refractivity contribution < 1.29 is 14.4 Å². The highest BCUT2D eigenvalue weighted by atomic mass is 32.1. The van der Waals surface area contributed by atoms with Gasteiger partial charge in [0.25, 0.3) is 11.8 Å². The molecule has 142 valence electrons. The number of carbonyl (C=O) groups excluding carboxylic acids is 3. The molecule has 0 radical (unpaired) electrons. The van der Waals surface area contributed by atoms with E-state index in [-0.39, 0.29) is 23.6 Å². The van der Waals surface area contributed by atoms with Gasteiger partial charge in [0.15, 0.2) is 0 Å². The number of benzene rings is 1. The third kappa shape index (κ3) is 4.74. The molecule has 1 aliphatic rings. The average Bonchev–Trinajstić information content (AvgIpc) is 3.23. The first-order chi connectivity index (χ1) is 13.1. The Morgan fingerprint density at radius 3 is 2.59 bits per heavy atom. The molecule has 2 heterocycles. The molecule has 1 aromatic heterocycles. The second-order valence-electron chi connectivity index (χ2n) is 6.47. The lowest BCUT2D eigenvalue weighted by atomic mass is 9.95. The highest BCUT2D eigenvalue weighted by Crippen LogP contribution is 2.21. The number of rotatable bonds is 5. The van der Waals surface area contributed by atoms with Crippen molar-refractivity contribution in [3.63, 3.8) is 0 Å². The predicted octanol–water partition coefficient (Wildman–Crippen LogP) is 2.99. The van der Waals surface area contributed by atoms with Crippen LogP contribution in [-0.4, -0.2) is 42.3 Å². The van der Waals surface area contributed by atoms with Gasteiger partial charge in [-0.1, -0.05) is 12.1 Å². The molecule has 3 amide bonds. The van der Waals surface area contributed by atoms with Crippen LogP contribution >= 0.6 is 11.3 Å². The molecule has 0 bridgehead atoms. The number of amides is 3. The van der Waals surface area contributed by atoms with Crippen molar-refractivity contribution in [3.05, 3.63) is 52.2 Å². The van der Waals surface area contributed by atoms with Gasteiger partial charge >= 0.3 is 0 Å². The van der Waals surface area contributed by atoms with Gasteiger partial charge in [-0.25, -0.2) is 0 Å². The van der Waals surface area contributed by atoms with E-state index in [1.807, 2.05) is 18.4 Å². The molecule has 1 fully saturated rings. The van der Waals surface area contributed by atoms with E-state index in [1.54, 1.807) is 35.2 Å². The molecular formula is C20H23N3O3S. The van der Waals surface area contributed by atoms with E-state index < -0.39 is 0 Å². The number of nitrogens with one attached hydrogen (secondary N) is 2. The quantitative estimate of drug-likeness (QED) is 0.830. The number of piperidine rings is 1. The zero-order chi connectivity index (χ0) is 19.2. The SMILES string of the molecule is CCNC(=O)C1CCN(C(=O)c2cccc(NC(=O)c3cccs3)c2)CC1. The molecule has 0 unspecified atom stereocenters. The maximum Gasteiger partial charge on any atom is 0.265 e. The molecule has 0 aliphatic carbocycles. The molecule has 6 nitrogen and oxygen atoms in total. The summed E-state index contributed by atoms with van der Waals surface area (Å²) >= 11 is 1.37. The average molecular weight is 385 g/mol. The predicted molar refractivity (Wildman–Crippen MR) is 106 cm³/mol. The molecular weight excluding hydrogens is 362 g/mol. The normalized spacial score (nSPS) is 14.6. The van der Waals surface area contributed by atoms with Crippen LogP contribution in [0.15, 0.2) is 41.8 Å². The highest BCUT2D eigenvalue weighted by molar-refractivity contribution is 7.12. The summed E-state index contributed by atoms with van der Waals surface area (Å²) in [7, 11) is 0. The Labute approximate surface area is 162 Å². The molecule has 1 aliphatic heterocycles. The Kier molecular flexibility index (Phi) is 6.24. The van der Waals surface area contributed by atoms with Crippen LogP contribution in [0.2, 0.25) is 0 Å². The minimum absolute atomic E-state index is 0.0228. The summed E-state index contributed by atoms with van der Waals surface area (Å²) in [6, 6.07) is 10.6. The molecule has 0 atom stereocenters. The Morgan fingerprint density at radius 1 is 1.15 bits per heavy atom. The van der Waals surface area contributed by atoms with Crippen LogP contribution in [-0.2, 0) is 4.79 Å². The Bertz CT molecular complexity index is 812. The fraction of sp³-hybridized carbons (Fsp3) is 0.350. The van der Waals surface area contributed by atoms with Gasteiger partial charge in [0, 0.05) is 36.8 Å². The monoisotopic (exact) mass is 385 g/mol. The summed E-state index contributed by atoms with van der Waals surface area (Å²) in [5.41, 5.74) is 1.13.